The van der Waals surface area contributed by atoms with E-state index in [9.17, 15) is 19.2 Å². The van der Waals surface area contributed by atoms with Gasteiger partial charge in [-0.2, -0.15) is 0 Å². The number of imide groups is 1. The summed E-state index contributed by atoms with van der Waals surface area (Å²) in [6, 6.07) is 6.00. The second kappa shape index (κ2) is 9.70. The molecule has 1 aromatic rings. The van der Waals surface area contributed by atoms with E-state index in [2.05, 4.69) is 16.0 Å². The van der Waals surface area contributed by atoms with Gasteiger partial charge in [0.05, 0.1) is 5.56 Å². The summed E-state index contributed by atoms with van der Waals surface area (Å²) >= 11 is 0. The molecule has 8 heteroatoms. The van der Waals surface area contributed by atoms with Gasteiger partial charge in [-0.05, 0) is 37.5 Å². The smallest absolute Gasteiger partial charge is 0.338 e. The molecule has 8 nitrogen and oxygen atoms in total. The van der Waals surface area contributed by atoms with E-state index in [-0.39, 0.29) is 17.5 Å². The fourth-order valence-corrected chi connectivity index (χ4v) is 2.77. The average Bonchev–Trinajstić information content (AvgIpc) is 3.12. The minimum absolute atomic E-state index is 0.0895. The molecule has 1 aliphatic carbocycles. The quantitative estimate of drug-likeness (QED) is 0.654. The minimum Gasteiger partial charge on any atom is -0.449 e. The van der Waals surface area contributed by atoms with Crippen molar-refractivity contribution in [1.29, 1.82) is 0 Å². The van der Waals surface area contributed by atoms with Gasteiger partial charge < -0.3 is 15.4 Å². The van der Waals surface area contributed by atoms with Crippen molar-refractivity contribution in [3.63, 3.8) is 0 Å². The Labute approximate surface area is 158 Å². The Bertz CT molecular complexity index is 696. The highest BCUT2D eigenvalue weighted by Gasteiger charge is 2.23. The molecule has 0 saturated heterocycles. The molecule has 2 rings (SSSR count). The van der Waals surface area contributed by atoms with Crippen LogP contribution in [0.3, 0.4) is 0 Å². The van der Waals surface area contributed by atoms with E-state index < -0.39 is 24.0 Å². The van der Waals surface area contributed by atoms with Crippen molar-refractivity contribution in [3.8, 4) is 0 Å². The molecule has 0 radical (unpaired) electrons. The van der Waals surface area contributed by atoms with Gasteiger partial charge >= 0.3 is 12.0 Å². The molecule has 1 atom stereocenters. The van der Waals surface area contributed by atoms with E-state index in [1.165, 1.54) is 13.8 Å². The van der Waals surface area contributed by atoms with Gasteiger partial charge in [0.1, 0.15) is 0 Å². The Morgan fingerprint density at radius 1 is 1.11 bits per heavy atom. The van der Waals surface area contributed by atoms with E-state index in [0.29, 0.717) is 6.54 Å². The van der Waals surface area contributed by atoms with Crippen LogP contribution in [-0.4, -0.2) is 36.0 Å². The number of hydrogen-bond acceptors (Lipinski definition) is 5. The molecule has 1 aliphatic rings. The predicted molar refractivity (Wildman–Crippen MR) is 97.8 cm³/mol. The number of amides is 4. The number of benzene rings is 1. The van der Waals surface area contributed by atoms with Crippen LogP contribution in [-0.2, 0) is 20.9 Å². The van der Waals surface area contributed by atoms with Gasteiger partial charge in [-0.3, -0.25) is 14.9 Å². The van der Waals surface area contributed by atoms with Crippen molar-refractivity contribution >= 4 is 23.8 Å². The maximum absolute atomic E-state index is 12.1. The lowest BCUT2D eigenvalue weighted by molar-refractivity contribution is -0.128. The first-order chi connectivity index (χ1) is 12.8. The lowest BCUT2D eigenvalue weighted by atomic mass is 10.1. The van der Waals surface area contributed by atoms with Crippen LogP contribution in [0.25, 0.3) is 0 Å². The lowest BCUT2D eigenvalue weighted by Gasteiger charge is -2.15. The first kappa shape index (κ1) is 20.4. The summed E-state index contributed by atoms with van der Waals surface area (Å²) in [5.41, 5.74) is 1.10. The van der Waals surface area contributed by atoms with E-state index in [4.69, 9.17) is 4.74 Å². The van der Waals surface area contributed by atoms with Crippen molar-refractivity contribution in [2.45, 2.75) is 58.2 Å². The Balaban J connectivity index is 1.80. The van der Waals surface area contributed by atoms with Crippen LogP contribution in [0.2, 0.25) is 0 Å². The Hall–Kier alpha value is -2.90. The molecule has 4 amide bonds. The van der Waals surface area contributed by atoms with Crippen LogP contribution in [0.1, 0.15) is 55.5 Å². The third-order valence-electron chi connectivity index (χ3n) is 4.31. The normalized spacial score (nSPS) is 14.9. The van der Waals surface area contributed by atoms with Crippen LogP contribution in [0.4, 0.5) is 4.79 Å². The van der Waals surface area contributed by atoms with Gasteiger partial charge in [-0.25, -0.2) is 9.59 Å². The highest BCUT2D eigenvalue weighted by molar-refractivity contribution is 5.98. The summed E-state index contributed by atoms with van der Waals surface area (Å²) in [5, 5.41) is 7.58. The number of carbonyl (C=O) groups is 4. The van der Waals surface area contributed by atoms with Crippen LogP contribution < -0.4 is 16.0 Å². The summed E-state index contributed by atoms with van der Waals surface area (Å²) < 4.78 is 5.11. The second-order valence-electron chi connectivity index (χ2n) is 6.60. The topological polar surface area (TPSA) is 114 Å². The van der Waals surface area contributed by atoms with Crippen molar-refractivity contribution in [2.75, 3.05) is 0 Å². The van der Waals surface area contributed by atoms with Gasteiger partial charge in [0, 0.05) is 19.5 Å². The maximum Gasteiger partial charge on any atom is 0.338 e. The molecule has 3 N–H and O–H groups in total. The molecule has 146 valence electrons. The third-order valence-corrected chi connectivity index (χ3v) is 4.31. The van der Waals surface area contributed by atoms with E-state index in [0.717, 1.165) is 31.2 Å². The molecular weight excluding hydrogens is 350 g/mol. The predicted octanol–water partition coefficient (Wildman–Crippen LogP) is 1.64. The molecule has 1 fully saturated rings. The van der Waals surface area contributed by atoms with Gasteiger partial charge in [-0.15, -0.1) is 0 Å². The maximum atomic E-state index is 12.1. The molecule has 27 heavy (non-hydrogen) atoms. The minimum atomic E-state index is -1.11. The van der Waals surface area contributed by atoms with Crippen LogP contribution in [0.5, 0.6) is 0 Å². The van der Waals surface area contributed by atoms with Gasteiger partial charge in [0.25, 0.3) is 5.91 Å². The number of esters is 1. The molecule has 1 unspecified atom stereocenters. The van der Waals surface area contributed by atoms with Gasteiger partial charge in [0.15, 0.2) is 6.10 Å². The van der Waals surface area contributed by atoms with Crippen molar-refractivity contribution in [2.24, 2.45) is 0 Å². The molecule has 0 aliphatic heterocycles. The monoisotopic (exact) mass is 375 g/mol. The third kappa shape index (κ3) is 6.73. The van der Waals surface area contributed by atoms with Gasteiger partial charge in [-0.1, -0.05) is 25.0 Å². The first-order valence-electron chi connectivity index (χ1n) is 9.01. The SMILES string of the molecule is CC(=O)NCc1ccc(C(=O)OC(C)C(=O)NC(=O)NC2CCCC2)cc1. The number of carbonyl (C=O) groups excluding carboxylic acids is 4. The molecule has 1 aromatic carbocycles. The zero-order valence-corrected chi connectivity index (χ0v) is 15.5. The molecular formula is C19H25N3O5. The largest absolute Gasteiger partial charge is 0.449 e. The summed E-state index contributed by atoms with van der Waals surface area (Å²) in [6.45, 7) is 3.19. The number of hydrogen-bond donors (Lipinski definition) is 3. The zero-order valence-electron chi connectivity index (χ0n) is 15.5. The van der Waals surface area contributed by atoms with Crippen molar-refractivity contribution < 1.29 is 23.9 Å². The molecule has 0 aromatic heterocycles. The number of urea groups is 1. The lowest BCUT2D eigenvalue weighted by Crippen LogP contribution is -2.47. The molecule has 1 saturated carbocycles. The first-order valence-corrected chi connectivity index (χ1v) is 9.01. The highest BCUT2D eigenvalue weighted by Crippen LogP contribution is 2.17. The Morgan fingerprint density at radius 3 is 2.33 bits per heavy atom. The Kier molecular flexibility index (Phi) is 7.34. The molecule has 0 bridgehead atoms. The number of ether oxygens (including phenoxy) is 1. The highest BCUT2D eigenvalue weighted by atomic mass is 16.5. The number of nitrogens with one attached hydrogen (secondary N) is 3. The number of rotatable bonds is 6. The second-order valence-corrected chi connectivity index (χ2v) is 6.60. The standard InChI is InChI=1S/C19H25N3O5/c1-12(17(24)22-19(26)21-16-5-3-4-6-16)27-18(25)15-9-7-14(8-10-15)11-20-13(2)23/h7-10,12,16H,3-6,11H2,1-2H3,(H,20,23)(H2,21,22,24,26). The van der Waals surface area contributed by atoms with E-state index in [1.807, 2.05) is 0 Å². The average molecular weight is 375 g/mol. The fourth-order valence-electron chi connectivity index (χ4n) is 2.77. The molecule has 0 spiro atoms. The summed E-state index contributed by atoms with van der Waals surface area (Å²) in [6.07, 6.45) is 2.84. The van der Waals surface area contributed by atoms with E-state index in [1.54, 1.807) is 24.3 Å². The van der Waals surface area contributed by atoms with Crippen LogP contribution in [0.15, 0.2) is 24.3 Å². The molecule has 0 heterocycles. The zero-order chi connectivity index (χ0) is 19.8. The van der Waals surface area contributed by atoms with E-state index >= 15 is 0 Å². The Morgan fingerprint density at radius 2 is 1.74 bits per heavy atom. The summed E-state index contributed by atoms with van der Waals surface area (Å²) in [7, 11) is 0. The van der Waals surface area contributed by atoms with Crippen LogP contribution in [0, 0.1) is 0 Å². The van der Waals surface area contributed by atoms with Gasteiger partial charge in [0.2, 0.25) is 5.91 Å². The fraction of sp³-hybridized carbons (Fsp3) is 0.474. The summed E-state index contributed by atoms with van der Waals surface area (Å²) in [4.78, 5) is 46.8. The van der Waals surface area contributed by atoms with Crippen molar-refractivity contribution in [3.05, 3.63) is 35.4 Å². The van der Waals surface area contributed by atoms with Crippen molar-refractivity contribution in [1.82, 2.24) is 16.0 Å². The summed E-state index contributed by atoms with van der Waals surface area (Å²) in [5.74, 6) is -1.49. The van der Waals surface area contributed by atoms with Crippen LogP contribution >= 0.6 is 0 Å².